The molecule has 1 saturated heterocycles. The number of rotatable bonds is 4. The topological polar surface area (TPSA) is 76.6 Å². The third-order valence-electron chi connectivity index (χ3n) is 4.22. The number of piperidine rings is 1. The van der Waals surface area contributed by atoms with E-state index >= 15 is 0 Å². The van der Waals surface area contributed by atoms with E-state index in [1.54, 1.807) is 18.2 Å². The first-order chi connectivity index (χ1) is 10.4. The van der Waals surface area contributed by atoms with Crippen LogP contribution in [-0.2, 0) is 9.59 Å². The number of amides is 2. The van der Waals surface area contributed by atoms with Gasteiger partial charge >= 0.3 is 0 Å². The highest BCUT2D eigenvalue weighted by atomic mass is 35.5. The van der Waals surface area contributed by atoms with Crippen LogP contribution in [0.4, 0.5) is 5.69 Å². The highest BCUT2D eigenvalue weighted by molar-refractivity contribution is 6.35. The summed E-state index contributed by atoms with van der Waals surface area (Å²) in [7, 11) is 0. The summed E-state index contributed by atoms with van der Waals surface area (Å²) >= 11 is 12.0. The van der Waals surface area contributed by atoms with Gasteiger partial charge in [0.15, 0.2) is 6.04 Å². The van der Waals surface area contributed by atoms with Gasteiger partial charge < -0.3 is 16.0 Å². The molecule has 2 rings (SSSR count). The van der Waals surface area contributed by atoms with E-state index in [2.05, 4.69) is 5.32 Å². The van der Waals surface area contributed by atoms with Crippen molar-refractivity contribution < 1.29 is 14.5 Å². The molecule has 1 aliphatic heterocycles. The van der Waals surface area contributed by atoms with Gasteiger partial charge in [-0.15, -0.1) is 0 Å². The molecule has 0 radical (unpaired) electrons. The molecule has 0 bridgehead atoms. The number of hydrogen-bond acceptors (Lipinski definition) is 2. The van der Waals surface area contributed by atoms with E-state index < -0.39 is 0 Å². The maximum Gasteiger partial charge on any atom is 0.282 e. The number of likely N-dealkylation sites (tertiary alicyclic amines) is 1. The fourth-order valence-corrected chi connectivity index (χ4v) is 3.06. The second-order valence-electron chi connectivity index (χ2n) is 5.67. The molecular formula is C15H20Cl2N3O2+. The summed E-state index contributed by atoms with van der Waals surface area (Å²) in [4.78, 5) is 24.7. The molecule has 22 heavy (non-hydrogen) atoms. The molecule has 0 aliphatic carbocycles. The van der Waals surface area contributed by atoms with Gasteiger partial charge in [-0.25, -0.2) is 0 Å². The lowest BCUT2D eigenvalue weighted by Crippen LogP contribution is -3.17. The molecule has 2 amide bonds. The van der Waals surface area contributed by atoms with Crippen LogP contribution in [0, 0.1) is 5.92 Å². The minimum absolute atomic E-state index is 0.0682. The van der Waals surface area contributed by atoms with Crippen LogP contribution in [0.5, 0.6) is 0 Å². The average molecular weight is 345 g/mol. The Balaban J connectivity index is 1.95. The van der Waals surface area contributed by atoms with Crippen molar-refractivity contribution >= 4 is 40.7 Å². The van der Waals surface area contributed by atoms with Crippen LogP contribution in [0.25, 0.3) is 0 Å². The van der Waals surface area contributed by atoms with Crippen LogP contribution in [0.1, 0.15) is 19.8 Å². The quantitative estimate of drug-likeness (QED) is 0.764. The van der Waals surface area contributed by atoms with Crippen molar-refractivity contribution in [3.63, 3.8) is 0 Å². The molecule has 5 nitrogen and oxygen atoms in total. The fraction of sp³-hybridized carbons (Fsp3) is 0.467. The second kappa shape index (κ2) is 7.31. The summed E-state index contributed by atoms with van der Waals surface area (Å²) in [5, 5.41) is 3.78. The van der Waals surface area contributed by atoms with Gasteiger partial charge in [0.05, 0.1) is 23.8 Å². The molecule has 120 valence electrons. The number of hydrogen-bond donors (Lipinski definition) is 3. The number of nitrogens with two attached hydrogens (primary N) is 1. The van der Waals surface area contributed by atoms with Crippen molar-refractivity contribution in [3.05, 3.63) is 28.2 Å². The molecule has 0 saturated carbocycles. The van der Waals surface area contributed by atoms with Crippen molar-refractivity contribution in [2.45, 2.75) is 25.8 Å². The van der Waals surface area contributed by atoms with Crippen molar-refractivity contribution in [1.82, 2.24) is 0 Å². The van der Waals surface area contributed by atoms with Gasteiger partial charge in [0.1, 0.15) is 0 Å². The van der Waals surface area contributed by atoms with Gasteiger partial charge in [0.2, 0.25) is 5.91 Å². The number of primary amides is 1. The summed E-state index contributed by atoms with van der Waals surface area (Å²) in [5.41, 5.74) is 5.84. The van der Waals surface area contributed by atoms with Crippen molar-refractivity contribution in [3.8, 4) is 0 Å². The molecule has 1 fully saturated rings. The molecule has 7 heteroatoms. The first kappa shape index (κ1) is 17.1. The van der Waals surface area contributed by atoms with Crippen LogP contribution >= 0.6 is 23.2 Å². The van der Waals surface area contributed by atoms with Crippen molar-refractivity contribution in [2.75, 3.05) is 18.4 Å². The van der Waals surface area contributed by atoms with E-state index in [1.165, 1.54) is 0 Å². The third-order valence-corrected chi connectivity index (χ3v) is 4.79. The molecule has 1 heterocycles. The normalized spacial score (nSPS) is 22.9. The zero-order valence-electron chi connectivity index (χ0n) is 12.4. The standard InChI is InChI=1S/C15H19Cl2N3O2/c1-9(20-6-4-10(5-7-20)14(18)21)15(22)19-13-8-11(16)2-3-12(13)17/h2-3,8-10H,4-7H2,1H3,(H2,18,21)(H,19,22)/p+1/t9-/m0/s1. The first-order valence-corrected chi connectivity index (χ1v) is 8.04. The molecule has 1 aromatic carbocycles. The Kier molecular flexibility index (Phi) is 5.67. The maximum absolute atomic E-state index is 12.4. The van der Waals surface area contributed by atoms with E-state index in [9.17, 15) is 9.59 Å². The SMILES string of the molecule is C[C@@H](C(=O)Nc1cc(Cl)ccc1Cl)[NH+]1CCC(C(N)=O)CC1. The Morgan fingerprint density at radius 2 is 1.95 bits per heavy atom. The van der Waals surface area contributed by atoms with Crippen molar-refractivity contribution in [1.29, 1.82) is 0 Å². The van der Waals surface area contributed by atoms with E-state index in [0.29, 0.717) is 15.7 Å². The number of carbonyl (C=O) groups is 2. The minimum Gasteiger partial charge on any atom is -0.369 e. The smallest absolute Gasteiger partial charge is 0.282 e. The molecular weight excluding hydrogens is 325 g/mol. The van der Waals surface area contributed by atoms with E-state index in [4.69, 9.17) is 28.9 Å². The van der Waals surface area contributed by atoms with Gasteiger partial charge in [-0.3, -0.25) is 9.59 Å². The van der Waals surface area contributed by atoms with Crippen molar-refractivity contribution in [2.24, 2.45) is 11.7 Å². The number of carbonyl (C=O) groups excluding carboxylic acids is 2. The van der Waals surface area contributed by atoms with Gasteiger partial charge in [0.25, 0.3) is 5.91 Å². The third kappa shape index (κ3) is 4.12. The highest BCUT2D eigenvalue weighted by Crippen LogP contribution is 2.25. The Bertz CT molecular complexity index is 572. The zero-order valence-corrected chi connectivity index (χ0v) is 13.9. The number of halogens is 2. The summed E-state index contributed by atoms with van der Waals surface area (Å²) in [6, 6.07) is 4.71. The number of nitrogens with one attached hydrogen (secondary N) is 2. The Labute approximate surface area is 139 Å². The van der Waals surface area contributed by atoms with Gasteiger partial charge in [-0.05, 0) is 25.1 Å². The van der Waals surface area contributed by atoms with Gasteiger partial charge in [0, 0.05) is 23.8 Å². The van der Waals surface area contributed by atoms with E-state index in [-0.39, 0.29) is 23.8 Å². The lowest BCUT2D eigenvalue weighted by atomic mass is 9.95. The largest absolute Gasteiger partial charge is 0.369 e. The van der Waals surface area contributed by atoms with E-state index in [1.807, 2.05) is 6.92 Å². The first-order valence-electron chi connectivity index (χ1n) is 7.28. The fourth-order valence-electron chi connectivity index (χ4n) is 2.73. The molecule has 4 N–H and O–H groups in total. The van der Waals surface area contributed by atoms with E-state index in [0.717, 1.165) is 30.8 Å². The van der Waals surface area contributed by atoms with Crippen LogP contribution in [0.15, 0.2) is 18.2 Å². The Morgan fingerprint density at radius 1 is 1.32 bits per heavy atom. The van der Waals surface area contributed by atoms with Gasteiger partial charge in [-0.2, -0.15) is 0 Å². The molecule has 0 spiro atoms. The summed E-state index contributed by atoms with van der Waals surface area (Å²) < 4.78 is 0. The minimum atomic E-state index is -0.248. The molecule has 0 unspecified atom stereocenters. The number of anilines is 1. The lowest BCUT2D eigenvalue weighted by molar-refractivity contribution is -0.919. The predicted octanol–water partition coefficient (Wildman–Crippen LogP) is 1.10. The van der Waals surface area contributed by atoms with Gasteiger partial charge in [-0.1, -0.05) is 23.2 Å². The number of quaternary nitrogens is 1. The molecule has 1 atom stereocenters. The zero-order chi connectivity index (χ0) is 16.3. The summed E-state index contributed by atoms with van der Waals surface area (Å²) in [5.74, 6) is -0.431. The second-order valence-corrected chi connectivity index (χ2v) is 6.51. The number of benzene rings is 1. The van der Waals surface area contributed by atoms with Crippen LogP contribution < -0.4 is 16.0 Å². The molecule has 1 aliphatic rings. The Morgan fingerprint density at radius 3 is 2.55 bits per heavy atom. The van der Waals surface area contributed by atoms with Crippen LogP contribution in [0.3, 0.4) is 0 Å². The molecule has 0 aromatic heterocycles. The molecule has 1 aromatic rings. The van der Waals surface area contributed by atoms with Crippen LogP contribution in [0.2, 0.25) is 10.0 Å². The Hall–Kier alpha value is -1.30. The lowest BCUT2D eigenvalue weighted by Gasteiger charge is -2.31. The summed E-state index contributed by atoms with van der Waals surface area (Å²) in [6.07, 6.45) is 1.44. The van der Waals surface area contributed by atoms with Crippen LogP contribution in [-0.4, -0.2) is 30.9 Å². The monoisotopic (exact) mass is 344 g/mol. The predicted molar refractivity (Wildman–Crippen MR) is 87.2 cm³/mol. The maximum atomic E-state index is 12.4. The highest BCUT2D eigenvalue weighted by Gasteiger charge is 2.32. The summed E-state index contributed by atoms with van der Waals surface area (Å²) in [6.45, 7) is 3.38. The average Bonchev–Trinajstić information content (AvgIpc) is 2.50.